The molecule has 2 saturated heterocycles. The Bertz CT molecular complexity index is 514. The number of carbonyl (C=O) groups excluding carboxylic acids is 1. The Morgan fingerprint density at radius 1 is 1.45 bits per heavy atom. The first-order valence-electron chi connectivity index (χ1n) is 7.99. The van der Waals surface area contributed by atoms with E-state index in [0.717, 1.165) is 39.3 Å². The molecule has 6 nitrogen and oxygen atoms in total. The molecule has 3 heterocycles. The van der Waals surface area contributed by atoms with Crippen molar-refractivity contribution in [1.29, 1.82) is 0 Å². The molecule has 22 heavy (non-hydrogen) atoms. The van der Waals surface area contributed by atoms with E-state index >= 15 is 0 Å². The molecule has 1 aromatic rings. The molecule has 0 unspecified atom stereocenters. The Labute approximate surface area is 131 Å². The van der Waals surface area contributed by atoms with Crippen molar-refractivity contribution in [3.8, 4) is 0 Å². The van der Waals surface area contributed by atoms with E-state index in [0.29, 0.717) is 11.6 Å². The molecule has 0 saturated carbocycles. The molecule has 0 N–H and O–H groups in total. The van der Waals surface area contributed by atoms with Crippen molar-refractivity contribution < 1.29 is 9.53 Å². The van der Waals surface area contributed by atoms with Crippen LogP contribution in [-0.2, 0) is 4.74 Å². The number of aromatic nitrogens is 2. The lowest BCUT2D eigenvalue weighted by Crippen LogP contribution is -2.72. The number of carbonyl (C=O) groups is 1. The first-order chi connectivity index (χ1) is 10.6. The summed E-state index contributed by atoms with van der Waals surface area (Å²) in [5, 5.41) is 0. The Balaban J connectivity index is 1.61. The van der Waals surface area contributed by atoms with Crippen molar-refractivity contribution in [1.82, 2.24) is 19.8 Å². The molecule has 1 atom stereocenters. The first-order valence-corrected chi connectivity index (χ1v) is 7.99. The van der Waals surface area contributed by atoms with Gasteiger partial charge in [0.05, 0.1) is 11.7 Å². The maximum Gasteiger partial charge on any atom is 0.274 e. The number of hydrogen-bond donors (Lipinski definition) is 0. The average Bonchev–Trinajstić information content (AvgIpc) is 2.52. The van der Waals surface area contributed by atoms with E-state index in [4.69, 9.17) is 4.74 Å². The molecule has 0 radical (unpaired) electrons. The van der Waals surface area contributed by atoms with E-state index in [-0.39, 0.29) is 11.4 Å². The monoisotopic (exact) mass is 304 g/mol. The molecule has 1 aromatic heterocycles. The zero-order valence-corrected chi connectivity index (χ0v) is 13.4. The third kappa shape index (κ3) is 2.85. The highest BCUT2D eigenvalue weighted by atomic mass is 16.5. The Hall–Kier alpha value is -1.53. The van der Waals surface area contributed by atoms with Gasteiger partial charge in [0.1, 0.15) is 5.69 Å². The van der Waals surface area contributed by atoms with Gasteiger partial charge in [0.15, 0.2) is 0 Å². The van der Waals surface area contributed by atoms with Crippen LogP contribution >= 0.6 is 0 Å². The second-order valence-corrected chi connectivity index (χ2v) is 6.42. The van der Waals surface area contributed by atoms with Gasteiger partial charge >= 0.3 is 0 Å². The van der Waals surface area contributed by atoms with Crippen LogP contribution in [0, 0.1) is 5.92 Å². The lowest BCUT2D eigenvalue weighted by atomic mass is 9.75. The molecule has 3 rings (SSSR count). The smallest absolute Gasteiger partial charge is 0.274 e. The SMILES string of the molecule is CCOC[C@@H]1CCN(C)C2(C1)CN(C(=O)c1cnccn1)C2. The summed E-state index contributed by atoms with van der Waals surface area (Å²) < 4.78 is 5.60. The number of ether oxygens (including phenoxy) is 1. The highest BCUT2D eigenvalue weighted by Gasteiger charge is 2.51. The van der Waals surface area contributed by atoms with Crippen molar-refractivity contribution in [2.75, 3.05) is 39.9 Å². The zero-order valence-electron chi connectivity index (χ0n) is 13.4. The Morgan fingerprint density at radius 3 is 2.95 bits per heavy atom. The molecule has 0 aromatic carbocycles. The van der Waals surface area contributed by atoms with Crippen molar-refractivity contribution >= 4 is 5.91 Å². The minimum Gasteiger partial charge on any atom is -0.381 e. The average molecular weight is 304 g/mol. The summed E-state index contributed by atoms with van der Waals surface area (Å²) in [6, 6.07) is 0. The zero-order chi connectivity index (χ0) is 15.6. The second kappa shape index (κ2) is 6.30. The van der Waals surface area contributed by atoms with Gasteiger partial charge in [-0.05, 0) is 39.3 Å². The first kappa shape index (κ1) is 15.4. The van der Waals surface area contributed by atoms with Gasteiger partial charge in [0.25, 0.3) is 5.91 Å². The lowest BCUT2D eigenvalue weighted by molar-refractivity contribution is -0.0753. The summed E-state index contributed by atoms with van der Waals surface area (Å²) in [5.74, 6) is 0.587. The fourth-order valence-corrected chi connectivity index (χ4v) is 3.59. The van der Waals surface area contributed by atoms with Crippen LogP contribution < -0.4 is 0 Å². The van der Waals surface area contributed by atoms with Gasteiger partial charge in [0, 0.05) is 38.7 Å². The summed E-state index contributed by atoms with van der Waals surface area (Å²) in [6.45, 7) is 6.28. The van der Waals surface area contributed by atoms with Gasteiger partial charge < -0.3 is 9.64 Å². The number of hydrogen-bond acceptors (Lipinski definition) is 5. The van der Waals surface area contributed by atoms with Crippen LogP contribution in [0.4, 0.5) is 0 Å². The van der Waals surface area contributed by atoms with Crippen LogP contribution in [0.1, 0.15) is 30.3 Å². The summed E-state index contributed by atoms with van der Waals surface area (Å²) in [6.07, 6.45) is 6.97. The number of nitrogens with zero attached hydrogens (tertiary/aromatic N) is 4. The van der Waals surface area contributed by atoms with E-state index in [1.807, 2.05) is 11.8 Å². The summed E-state index contributed by atoms with van der Waals surface area (Å²) in [4.78, 5) is 24.8. The van der Waals surface area contributed by atoms with E-state index in [2.05, 4.69) is 21.9 Å². The topological polar surface area (TPSA) is 58.6 Å². The molecular weight excluding hydrogens is 280 g/mol. The van der Waals surface area contributed by atoms with E-state index in [1.54, 1.807) is 12.4 Å². The molecular formula is C16H24N4O2. The predicted molar refractivity (Wildman–Crippen MR) is 82.5 cm³/mol. The van der Waals surface area contributed by atoms with Crippen molar-refractivity contribution in [2.24, 2.45) is 5.92 Å². The Morgan fingerprint density at radius 2 is 2.27 bits per heavy atom. The molecule has 0 bridgehead atoms. The maximum atomic E-state index is 12.4. The molecule has 1 spiro atoms. The molecule has 2 aliphatic heterocycles. The van der Waals surface area contributed by atoms with Crippen LogP contribution in [0.15, 0.2) is 18.6 Å². The molecule has 1 amide bonds. The summed E-state index contributed by atoms with van der Waals surface area (Å²) >= 11 is 0. The second-order valence-electron chi connectivity index (χ2n) is 6.42. The van der Waals surface area contributed by atoms with Crippen LogP contribution in [0.5, 0.6) is 0 Å². The van der Waals surface area contributed by atoms with Gasteiger partial charge in [-0.1, -0.05) is 0 Å². The van der Waals surface area contributed by atoms with E-state index in [1.165, 1.54) is 12.6 Å². The van der Waals surface area contributed by atoms with Crippen molar-refractivity contribution in [2.45, 2.75) is 25.3 Å². The van der Waals surface area contributed by atoms with E-state index in [9.17, 15) is 4.79 Å². The third-order valence-corrected chi connectivity index (χ3v) is 4.95. The lowest BCUT2D eigenvalue weighted by Gasteiger charge is -2.58. The highest BCUT2D eigenvalue weighted by Crippen LogP contribution is 2.38. The van der Waals surface area contributed by atoms with Crippen LogP contribution in [0.2, 0.25) is 0 Å². The van der Waals surface area contributed by atoms with Crippen molar-refractivity contribution in [3.05, 3.63) is 24.3 Å². The van der Waals surface area contributed by atoms with Crippen LogP contribution in [0.25, 0.3) is 0 Å². The van der Waals surface area contributed by atoms with Gasteiger partial charge in [0.2, 0.25) is 0 Å². The van der Waals surface area contributed by atoms with Gasteiger partial charge in [-0.2, -0.15) is 0 Å². The molecule has 6 heteroatoms. The minimum absolute atomic E-state index is 0.0148. The van der Waals surface area contributed by atoms with Crippen LogP contribution in [0.3, 0.4) is 0 Å². The van der Waals surface area contributed by atoms with Crippen molar-refractivity contribution in [3.63, 3.8) is 0 Å². The largest absolute Gasteiger partial charge is 0.381 e. The summed E-state index contributed by atoms with van der Waals surface area (Å²) in [5.41, 5.74) is 0.555. The third-order valence-electron chi connectivity index (χ3n) is 4.95. The van der Waals surface area contributed by atoms with E-state index < -0.39 is 0 Å². The van der Waals surface area contributed by atoms with Gasteiger partial charge in [-0.3, -0.25) is 14.7 Å². The predicted octanol–water partition coefficient (Wildman–Crippen LogP) is 1.05. The number of piperidine rings is 1. The standard InChI is InChI=1S/C16H24N4O2/c1-3-22-10-13-4-7-19(2)16(8-13)11-20(12-16)15(21)14-9-17-5-6-18-14/h5-6,9,13H,3-4,7-8,10-12H2,1-2H3/t13-/m1/s1. The van der Waals surface area contributed by atoms with Gasteiger partial charge in [-0.15, -0.1) is 0 Å². The molecule has 2 fully saturated rings. The quantitative estimate of drug-likeness (QED) is 0.832. The van der Waals surface area contributed by atoms with Gasteiger partial charge in [-0.25, -0.2) is 4.98 Å². The fraction of sp³-hybridized carbons (Fsp3) is 0.688. The highest BCUT2D eigenvalue weighted by molar-refractivity contribution is 5.92. The number of rotatable bonds is 4. The normalized spacial score (nSPS) is 24.3. The fourth-order valence-electron chi connectivity index (χ4n) is 3.59. The molecule has 0 aliphatic carbocycles. The number of likely N-dealkylation sites (tertiary alicyclic amines) is 2. The number of amides is 1. The Kier molecular flexibility index (Phi) is 4.40. The molecule has 120 valence electrons. The maximum absolute atomic E-state index is 12.4. The number of likely N-dealkylation sites (N-methyl/N-ethyl adjacent to an activating group) is 1. The summed E-state index contributed by atoms with van der Waals surface area (Å²) in [7, 11) is 2.17. The molecule has 2 aliphatic rings. The minimum atomic E-state index is -0.0148. The van der Waals surface area contributed by atoms with Crippen LogP contribution in [-0.4, -0.2) is 71.1 Å².